The zero-order chi connectivity index (χ0) is 16.3. The predicted octanol–water partition coefficient (Wildman–Crippen LogP) is -0.0579. The van der Waals surface area contributed by atoms with Crippen molar-refractivity contribution in [2.45, 2.75) is 12.7 Å². The first-order chi connectivity index (χ1) is 9.48. The number of nitrogens with one attached hydrogen (secondary N) is 1. The van der Waals surface area contributed by atoms with Gasteiger partial charge in [-0.25, -0.2) is 26.6 Å². The highest BCUT2D eigenvalue weighted by molar-refractivity contribution is 8.04. The highest BCUT2D eigenvalue weighted by Crippen LogP contribution is 2.11. The molecule has 0 aliphatic rings. The molecule has 8 nitrogen and oxygen atoms in total. The van der Waals surface area contributed by atoms with Crippen molar-refractivity contribution < 1.29 is 26.4 Å². The molecule has 0 amide bonds. The van der Waals surface area contributed by atoms with Crippen LogP contribution >= 0.6 is 0 Å². The first kappa shape index (κ1) is 17.3. The van der Waals surface area contributed by atoms with Crippen molar-refractivity contribution in [3.8, 4) is 5.88 Å². The number of nitrogens with zero attached hydrogens (tertiary/aromatic N) is 1. The minimum Gasteiger partial charge on any atom is -0.404 e. The number of ether oxygens (including phenoxy) is 1. The van der Waals surface area contributed by atoms with E-state index in [1.165, 1.54) is 29.3 Å². The van der Waals surface area contributed by atoms with Crippen LogP contribution in [0.3, 0.4) is 0 Å². The second-order valence-electron chi connectivity index (χ2n) is 4.25. The van der Waals surface area contributed by atoms with Crippen LogP contribution in [0.25, 0.3) is 0 Å². The lowest BCUT2D eigenvalue weighted by Crippen LogP contribution is -2.30. The molecule has 0 saturated heterocycles. The van der Waals surface area contributed by atoms with Crippen LogP contribution in [0.4, 0.5) is 0 Å². The van der Waals surface area contributed by atoms with Crippen LogP contribution in [0.1, 0.15) is 12.6 Å². The third kappa shape index (κ3) is 6.47. The SMILES string of the molecule is C=C(C)C(=O)Oc1cccc(CS(=O)(=O)NS(C)(=O)=O)n1. The van der Waals surface area contributed by atoms with E-state index in [2.05, 4.69) is 11.6 Å². The molecule has 0 radical (unpaired) electrons. The van der Waals surface area contributed by atoms with Crippen molar-refractivity contribution in [2.75, 3.05) is 6.26 Å². The Hall–Kier alpha value is -1.78. The van der Waals surface area contributed by atoms with Crippen LogP contribution in [0.15, 0.2) is 30.4 Å². The Morgan fingerprint density at radius 3 is 2.48 bits per heavy atom. The van der Waals surface area contributed by atoms with Gasteiger partial charge in [-0.3, -0.25) is 0 Å². The van der Waals surface area contributed by atoms with Gasteiger partial charge < -0.3 is 4.74 Å². The Bertz CT molecular complexity index is 768. The summed E-state index contributed by atoms with van der Waals surface area (Å²) in [6.45, 7) is 4.85. The Kier molecular flexibility index (Phi) is 5.20. The predicted molar refractivity (Wildman–Crippen MR) is 75.3 cm³/mol. The molecular weight excluding hydrogens is 320 g/mol. The average Bonchev–Trinajstić information content (AvgIpc) is 2.24. The zero-order valence-corrected chi connectivity index (χ0v) is 13.0. The maximum atomic E-state index is 11.6. The van der Waals surface area contributed by atoms with Crippen molar-refractivity contribution in [3.05, 3.63) is 36.0 Å². The molecule has 0 bridgehead atoms. The summed E-state index contributed by atoms with van der Waals surface area (Å²) in [5.74, 6) is -1.47. The van der Waals surface area contributed by atoms with Gasteiger partial charge in [0, 0.05) is 11.6 Å². The average molecular weight is 334 g/mol. The fourth-order valence-corrected chi connectivity index (χ4v) is 3.86. The van der Waals surface area contributed by atoms with E-state index in [0.717, 1.165) is 6.26 Å². The van der Waals surface area contributed by atoms with Gasteiger partial charge in [-0.1, -0.05) is 12.6 Å². The molecule has 0 fully saturated rings. The largest absolute Gasteiger partial charge is 0.404 e. The summed E-state index contributed by atoms with van der Waals surface area (Å²) in [5, 5.41) is 0. The van der Waals surface area contributed by atoms with Crippen LogP contribution < -0.4 is 8.86 Å². The first-order valence-corrected chi connectivity index (χ1v) is 9.08. The maximum Gasteiger partial charge on any atom is 0.339 e. The van der Waals surface area contributed by atoms with E-state index in [-0.39, 0.29) is 17.1 Å². The summed E-state index contributed by atoms with van der Waals surface area (Å²) in [5.41, 5.74) is 0.187. The van der Waals surface area contributed by atoms with Crippen LogP contribution in [-0.4, -0.2) is 34.0 Å². The fourth-order valence-electron chi connectivity index (χ4n) is 1.23. The number of hydrogen-bond donors (Lipinski definition) is 1. The van der Waals surface area contributed by atoms with Gasteiger partial charge in [-0.15, -0.1) is 4.13 Å². The van der Waals surface area contributed by atoms with E-state index >= 15 is 0 Å². The third-order valence-corrected chi connectivity index (χ3v) is 4.85. The second-order valence-corrected chi connectivity index (χ2v) is 7.98. The third-order valence-electron chi connectivity index (χ3n) is 1.94. The first-order valence-electron chi connectivity index (χ1n) is 5.53. The van der Waals surface area contributed by atoms with Gasteiger partial charge in [0.15, 0.2) is 0 Å². The summed E-state index contributed by atoms with van der Waals surface area (Å²) < 4.78 is 51.4. The van der Waals surface area contributed by atoms with E-state index in [4.69, 9.17) is 4.74 Å². The van der Waals surface area contributed by atoms with Gasteiger partial charge in [-0.2, -0.15) is 0 Å². The van der Waals surface area contributed by atoms with Gasteiger partial charge in [0.1, 0.15) is 5.75 Å². The molecular formula is C11H14N2O6S2. The van der Waals surface area contributed by atoms with E-state index in [1.54, 1.807) is 0 Å². The Labute approximate surface area is 122 Å². The van der Waals surface area contributed by atoms with Gasteiger partial charge in [0.25, 0.3) is 0 Å². The van der Waals surface area contributed by atoms with Gasteiger partial charge in [-0.05, 0) is 13.0 Å². The zero-order valence-electron chi connectivity index (χ0n) is 11.4. The molecule has 0 aromatic carbocycles. The number of rotatable bonds is 6. The number of pyridine rings is 1. The molecule has 1 aromatic heterocycles. The lowest BCUT2D eigenvalue weighted by molar-refractivity contribution is -0.130. The standard InChI is InChI=1S/C11H14N2O6S2/c1-8(2)11(14)19-10-6-4-5-9(12-10)7-21(17,18)13-20(3,15)16/h4-6,13H,1,7H2,2-3H3. The number of aromatic nitrogens is 1. The maximum absolute atomic E-state index is 11.6. The molecule has 10 heteroatoms. The molecule has 0 saturated carbocycles. The summed E-state index contributed by atoms with van der Waals surface area (Å²) in [4.78, 5) is 15.1. The van der Waals surface area contributed by atoms with Crippen molar-refractivity contribution in [2.24, 2.45) is 0 Å². The van der Waals surface area contributed by atoms with Gasteiger partial charge in [0.05, 0.1) is 11.9 Å². The highest BCUT2D eigenvalue weighted by atomic mass is 32.3. The molecule has 0 spiro atoms. The van der Waals surface area contributed by atoms with Crippen LogP contribution in [0.2, 0.25) is 0 Å². The molecule has 1 heterocycles. The van der Waals surface area contributed by atoms with Crippen LogP contribution in [0.5, 0.6) is 5.88 Å². The smallest absolute Gasteiger partial charge is 0.339 e. The number of hydrogen-bond acceptors (Lipinski definition) is 7. The summed E-state index contributed by atoms with van der Waals surface area (Å²) in [6, 6.07) is 4.15. The molecule has 1 rings (SSSR count). The molecule has 0 atom stereocenters. The molecule has 1 N–H and O–H groups in total. The van der Waals surface area contributed by atoms with E-state index in [0.29, 0.717) is 0 Å². The summed E-state index contributed by atoms with van der Waals surface area (Å²) in [6.07, 6.45) is 0.725. The van der Waals surface area contributed by atoms with E-state index in [1.807, 2.05) is 0 Å². The second kappa shape index (κ2) is 6.33. The molecule has 1 aromatic rings. The normalized spacial score (nSPS) is 11.9. The molecule has 0 aliphatic carbocycles. The molecule has 116 valence electrons. The Morgan fingerprint density at radius 1 is 1.33 bits per heavy atom. The van der Waals surface area contributed by atoms with Gasteiger partial charge >= 0.3 is 5.97 Å². The van der Waals surface area contributed by atoms with Crippen molar-refractivity contribution in [1.82, 2.24) is 9.11 Å². The quantitative estimate of drug-likeness (QED) is 0.571. The van der Waals surface area contributed by atoms with Crippen LogP contribution in [-0.2, 0) is 30.6 Å². The lowest BCUT2D eigenvalue weighted by Gasteiger charge is -2.06. The van der Waals surface area contributed by atoms with Crippen LogP contribution in [0, 0.1) is 0 Å². The van der Waals surface area contributed by atoms with E-state index < -0.39 is 31.8 Å². The topological polar surface area (TPSA) is 119 Å². The summed E-state index contributed by atoms with van der Waals surface area (Å²) in [7, 11) is -8.02. The monoisotopic (exact) mass is 334 g/mol. The van der Waals surface area contributed by atoms with Crippen molar-refractivity contribution in [1.29, 1.82) is 0 Å². The number of carbonyl (C=O) groups is 1. The minimum absolute atomic E-state index is 0.0261. The Morgan fingerprint density at radius 2 is 1.95 bits per heavy atom. The summed E-state index contributed by atoms with van der Waals surface area (Å²) >= 11 is 0. The van der Waals surface area contributed by atoms with Crippen molar-refractivity contribution >= 4 is 26.0 Å². The number of sulfonamides is 2. The minimum atomic E-state index is -4.11. The fraction of sp³-hybridized carbons (Fsp3) is 0.273. The van der Waals surface area contributed by atoms with Crippen molar-refractivity contribution in [3.63, 3.8) is 0 Å². The number of carbonyl (C=O) groups excluding carboxylic acids is 1. The lowest BCUT2D eigenvalue weighted by atomic mass is 10.3. The molecule has 21 heavy (non-hydrogen) atoms. The van der Waals surface area contributed by atoms with Gasteiger partial charge in [0.2, 0.25) is 25.9 Å². The van der Waals surface area contributed by atoms with E-state index in [9.17, 15) is 21.6 Å². The molecule has 0 aliphatic heterocycles. The Balaban J connectivity index is 2.91. The number of esters is 1. The highest BCUT2D eigenvalue weighted by Gasteiger charge is 2.18. The molecule has 0 unspecified atom stereocenters.